The molecule has 0 amide bonds. The number of benzene rings is 1. The van der Waals surface area contributed by atoms with E-state index in [0.717, 1.165) is 11.3 Å². The molecule has 4 nitrogen and oxygen atoms in total. The molecular formula is C14H21NO3S. The molecule has 19 heavy (non-hydrogen) atoms. The molecule has 0 saturated heterocycles. The van der Waals surface area contributed by atoms with Gasteiger partial charge in [0, 0.05) is 16.9 Å². The van der Waals surface area contributed by atoms with Crippen LogP contribution in [0.2, 0.25) is 0 Å². The van der Waals surface area contributed by atoms with E-state index in [4.69, 9.17) is 15.2 Å². The van der Waals surface area contributed by atoms with Gasteiger partial charge >= 0.3 is 5.97 Å². The van der Waals surface area contributed by atoms with Crippen LogP contribution in [-0.4, -0.2) is 31.5 Å². The summed E-state index contributed by atoms with van der Waals surface area (Å²) < 4.78 is 10.3. The number of methoxy groups -OCH3 is 1. The van der Waals surface area contributed by atoms with Gasteiger partial charge in [0.05, 0.1) is 19.5 Å². The number of carbonyl (C=O) groups is 1. The summed E-state index contributed by atoms with van der Waals surface area (Å²) in [5, 5.41) is 0.000515. The molecule has 1 aromatic carbocycles. The lowest BCUT2D eigenvalue weighted by Gasteiger charge is -2.22. The highest BCUT2D eigenvalue weighted by atomic mass is 32.2. The van der Waals surface area contributed by atoms with E-state index in [9.17, 15) is 4.79 Å². The van der Waals surface area contributed by atoms with Crippen LogP contribution in [0.3, 0.4) is 0 Å². The summed E-state index contributed by atoms with van der Waals surface area (Å²) in [6.45, 7) is 4.12. The summed E-state index contributed by atoms with van der Waals surface area (Å²) in [7, 11) is 1.63. The second-order valence-electron chi connectivity index (χ2n) is 4.14. The molecule has 0 bridgehead atoms. The van der Waals surface area contributed by atoms with Gasteiger partial charge in [-0.3, -0.25) is 4.79 Å². The third kappa shape index (κ3) is 4.76. The smallest absolute Gasteiger partial charge is 0.315 e. The van der Waals surface area contributed by atoms with E-state index in [1.807, 2.05) is 31.2 Å². The minimum absolute atomic E-state index is 0.000515. The first-order chi connectivity index (χ1) is 9.10. The summed E-state index contributed by atoms with van der Waals surface area (Å²) in [6, 6.07) is 7.64. The Labute approximate surface area is 118 Å². The number of carbonyl (C=O) groups excluding carboxylic acids is 1. The Morgan fingerprint density at radius 2 is 2.11 bits per heavy atom. The number of esters is 1. The molecule has 1 rings (SSSR count). The fourth-order valence-electron chi connectivity index (χ4n) is 1.79. The zero-order valence-electron chi connectivity index (χ0n) is 11.6. The standard InChI is InChI=1S/C14H21NO3S/c1-4-18-13(16)9-19-14(10(2)15)11-7-5-6-8-12(11)17-3/h5-8,10,14H,4,9,15H2,1-3H3. The average Bonchev–Trinajstić information content (AvgIpc) is 2.39. The van der Waals surface area contributed by atoms with Gasteiger partial charge in [0.2, 0.25) is 0 Å². The van der Waals surface area contributed by atoms with Crippen molar-refractivity contribution < 1.29 is 14.3 Å². The van der Waals surface area contributed by atoms with Crippen molar-refractivity contribution >= 4 is 17.7 Å². The predicted octanol–water partition coefficient (Wildman–Crippen LogP) is 2.38. The van der Waals surface area contributed by atoms with Gasteiger partial charge in [-0.15, -0.1) is 11.8 Å². The van der Waals surface area contributed by atoms with Crippen LogP contribution in [0, 0.1) is 0 Å². The SMILES string of the molecule is CCOC(=O)CSC(c1ccccc1OC)C(C)N. The molecular weight excluding hydrogens is 262 g/mol. The largest absolute Gasteiger partial charge is 0.496 e. The van der Waals surface area contributed by atoms with Crippen LogP contribution < -0.4 is 10.5 Å². The molecule has 0 spiro atoms. The van der Waals surface area contributed by atoms with Crippen LogP contribution >= 0.6 is 11.8 Å². The highest BCUT2D eigenvalue weighted by molar-refractivity contribution is 8.00. The lowest BCUT2D eigenvalue weighted by atomic mass is 10.1. The molecule has 0 aromatic heterocycles. The van der Waals surface area contributed by atoms with Crippen molar-refractivity contribution in [1.82, 2.24) is 0 Å². The summed E-state index contributed by atoms with van der Waals surface area (Å²) in [6.07, 6.45) is 0. The summed E-state index contributed by atoms with van der Waals surface area (Å²) in [5.74, 6) is 0.868. The fraction of sp³-hybridized carbons (Fsp3) is 0.500. The summed E-state index contributed by atoms with van der Waals surface area (Å²) in [5.41, 5.74) is 7.03. The van der Waals surface area contributed by atoms with E-state index >= 15 is 0 Å². The van der Waals surface area contributed by atoms with Crippen molar-refractivity contribution in [2.45, 2.75) is 25.1 Å². The van der Waals surface area contributed by atoms with E-state index in [1.54, 1.807) is 14.0 Å². The van der Waals surface area contributed by atoms with Crippen molar-refractivity contribution in [2.75, 3.05) is 19.5 Å². The monoisotopic (exact) mass is 283 g/mol. The topological polar surface area (TPSA) is 61.5 Å². The summed E-state index contributed by atoms with van der Waals surface area (Å²) >= 11 is 1.48. The first-order valence-corrected chi connectivity index (χ1v) is 7.30. The minimum atomic E-state index is -0.215. The fourth-order valence-corrected chi connectivity index (χ4v) is 2.86. The Bertz CT molecular complexity index is 409. The lowest BCUT2D eigenvalue weighted by Crippen LogP contribution is -2.24. The van der Waals surface area contributed by atoms with E-state index in [0.29, 0.717) is 6.61 Å². The van der Waals surface area contributed by atoms with Gasteiger partial charge < -0.3 is 15.2 Å². The zero-order chi connectivity index (χ0) is 14.3. The molecule has 1 aromatic rings. The molecule has 106 valence electrons. The second kappa shape index (κ2) is 8.07. The molecule has 0 heterocycles. The van der Waals surface area contributed by atoms with Crippen LogP contribution in [0.4, 0.5) is 0 Å². The molecule has 0 aliphatic carbocycles. The van der Waals surface area contributed by atoms with Crippen LogP contribution in [0.1, 0.15) is 24.7 Å². The Hall–Kier alpha value is -1.20. The number of thioether (sulfide) groups is 1. The average molecular weight is 283 g/mol. The van der Waals surface area contributed by atoms with Gasteiger partial charge in [-0.25, -0.2) is 0 Å². The van der Waals surface area contributed by atoms with Gasteiger partial charge in [-0.1, -0.05) is 18.2 Å². The second-order valence-corrected chi connectivity index (χ2v) is 5.27. The normalized spacial score (nSPS) is 13.7. The molecule has 0 aliphatic heterocycles. The van der Waals surface area contributed by atoms with E-state index in [-0.39, 0.29) is 23.0 Å². The highest BCUT2D eigenvalue weighted by Gasteiger charge is 2.21. The number of nitrogens with two attached hydrogens (primary N) is 1. The number of hydrogen-bond acceptors (Lipinski definition) is 5. The molecule has 5 heteroatoms. The molecule has 0 fully saturated rings. The van der Waals surface area contributed by atoms with Crippen molar-refractivity contribution in [3.05, 3.63) is 29.8 Å². The van der Waals surface area contributed by atoms with Crippen LogP contribution in [0.25, 0.3) is 0 Å². The minimum Gasteiger partial charge on any atom is -0.496 e. The Balaban J connectivity index is 2.80. The zero-order valence-corrected chi connectivity index (χ0v) is 12.4. The third-order valence-corrected chi connectivity index (χ3v) is 4.05. The predicted molar refractivity (Wildman–Crippen MR) is 78.5 cm³/mol. The Morgan fingerprint density at radius 1 is 1.42 bits per heavy atom. The molecule has 2 unspecified atom stereocenters. The first-order valence-electron chi connectivity index (χ1n) is 6.25. The van der Waals surface area contributed by atoms with Crippen molar-refractivity contribution in [1.29, 1.82) is 0 Å². The molecule has 0 radical (unpaired) electrons. The van der Waals surface area contributed by atoms with Crippen molar-refractivity contribution in [3.8, 4) is 5.75 Å². The van der Waals surface area contributed by atoms with Crippen LogP contribution in [-0.2, 0) is 9.53 Å². The maximum Gasteiger partial charge on any atom is 0.315 e. The number of para-hydroxylation sites is 1. The van der Waals surface area contributed by atoms with Crippen molar-refractivity contribution in [3.63, 3.8) is 0 Å². The highest BCUT2D eigenvalue weighted by Crippen LogP contribution is 2.36. The van der Waals surface area contributed by atoms with Gasteiger partial charge in [-0.05, 0) is 19.9 Å². The number of hydrogen-bond donors (Lipinski definition) is 1. The number of ether oxygens (including phenoxy) is 2. The van der Waals surface area contributed by atoms with Gasteiger partial charge in [0.25, 0.3) is 0 Å². The Kier molecular flexibility index (Phi) is 6.73. The van der Waals surface area contributed by atoms with Crippen LogP contribution in [0.15, 0.2) is 24.3 Å². The van der Waals surface area contributed by atoms with Gasteiger partial charge in [0.15, 0.2) is 0 Å². The van der Waals surface area contributed by atoms with E-state index in [1.165, 1.54) is 11.8 Å². The first kappa shape index (κ1) is 15.9. The third-order valence-electron chi connectivity index (χ3n) is 2.61. The van der Waals surface area contributed by atoms with Gasteiger partial charge in [0.1, 0.15) is 5.75 Å². The van der Waals surface area contributed by atoms with Crippen molar-refractivity contribution in [2.24, 2.45) is 5.73 Å². The number of rotatable bonds is 7. The maximum absolute atomic E-state index is 11.4. The lowest BCUT2D eigenvalue weighted by molar-refractivity contribution is -0.139. The molecule has 2 N–H and O–H groups in total. The summed E-state index contributed by atoms with van der Waals surface area (Å²) in [4.78, 5) is 11.4. The van der Waals surface area contributed by atoms with E-state index in [2.05, 4.69) is 0 Å². The van der Waals surface area contributed by atoms with E-state index < -0.39 is 0 Å². The van der Waals surface area contributed by atoms with Gasteiger partial charge in [-0.2, -0.15) is 0 Å². The molecule has 2 atom stereocenters. The quantitative estimate of drug-likeness (QED) is 0.778. The maximum atomic E-state index is 11.4. The molecule has 0 saturated carbocycles. The van der Waals surface area contributed by atoms with Crippen LogP contribution in [0.5, 0.6) is 5.75 Å². The molecule has 0 aliphatic rings. The Morgan fingerprint density at radius 3 is 2.68 bits per heavy atom.